The molecule has 0 aromatic heterocycles. The molecule has 0 unspecified atom stereocenters. The maximum atomic E-state index is 11.8. The lowest BCUT2D eigenvalue weighted by molar-refractivity contribution is -0.121. The molecule has 1 N–H and O–H groups in total. The van der Waals surface area contributed by atoms with Gasteiger partial charge in [0.25, 0.3) is 0 Å². The largest absolute Gasteiger partial charge is 0.355 e. The molecular weight excluding hydrogens is 342 g/mol. The molecule has 0 saturated carbocycles. The monoisotopic (exact) mass is 389 g/mol. The second kappa shape index (κ2) is 19.3. The number of nitrogens with one attached hydrogen (secondary N) is 1. The molecule has 2 nitrogen and oxygen atoms in total. The Balaban J connectivity index is 1.70. The Morgan fingerprint density at radius 1 is 0.643 bits per heavy atom. The van der Waals surface area contributed by atoms with Gasteiger partial charge in [-0.3, -0.25) is 4.79 Å². The van der Waals surface area contributed by atoms with Crippen molar-refractivity contribution in [2.45, 2.75) is 122 Å². The van der Waals surface area contributed by atoms with E-state index in [2.05, 4.69) is 24.4 Å². The van der Waals surface area contributed by atoms with Gasteiger partial charge >= 0.3 is 0 Å². The zero-order valence-corrected chi connectivity index (χ0v) is 18.7. The summed E-state index contributed by atoms with van der Waals surface area (Å²) in [6.45, 7) is 3.04. The predicted molar refractivity (Wildman–Crippen MR) is 124 cm³/mol. The second-order valence-corrected chi connectivity index (χ2v) is 8.64. The van der Waals surface area contributed by atoms with E-state index in [4.69, 9.17) is 0 Å². The third-order valence-corrected chi connectivity index (χ3v) is 5.87. The van der Waals surface area contributed by atoms with E-state index in [1.807, 2.05) is 12.2 Å². The number of hydrogen-bond acceptors (Lipinski definition) is 1. The topological polar surface area (TPSA) is 29.1 Å². The van der Waals surface area contributed by atoms with Crippen LogP contribution in [-0.4, -0.2) is 12.5 Å². The molecule has 1 amide bonds. The van der Waals surface area contributed by atoms with E-state index in [9.17, 15) is 4.79 Å². The van der Waals surface area contributed by atoms with Crippen molar-refractivity contribution in [2.75, 3.05) is 6.54 Å². The minimum Gasteiger partial charge on any atom is -0.355 e. The molecule has 1 aliphatic rings. The molecule has 0 radical (unpaired) electrons. The van der Waals surface area contributed by atoms with Gasteiger partial charge in [0.05, 0.1) is 0 Å². The van der Waals surface area contributed by atoms with Gasteiger partial charge in [-0.2, -0.15) is 0 Å². The maximum Gasteiger partial charge on any atom is 0.220 e. The van der Waals surface area contributed by atoms with Gasteiger partial charge in [0.1, 0.15) is 0 Å². The molecule has 1 rings (SSSR count). The highest BCUT2D eigenvalue weighted by molar-refractivity contribution is 5.75. The van der Waals surface area contributed by atoms with Gasteiger partial charge in [-0.15, -0.1) is 0 Å². The summed E-state index contributed by atoms with van der Waals surface area (Å²) >= 11 is 0. The first-order valence-electron chi connectivity index (χ1n) is 12.4. The Kier molecular flexibility index (Phi) is 17.2. The molecule has 2 heteroatoms. The first-order valence-corrected chi connectivity index (χ1v) is 12.4. The molecule has 0 aromatic carbocycles. The van der Waals surface area contributed by atoms with Crippen LogP contribution in [-0.2, 0) is 4.79 Å². The van der Waals surface area contributed by atoms with E-state index < -0.39 is 0 Å². The first kappa shape index (κ1) is 25.0. The first-order chi connectivity index (χ1) is 13.8. The summed E-state index contributed by atoms with van der Waals surface area (Å²) in [7, 11) is 0. The lowest BCUT2D eigenvalue weighted by Gasteiger charge is -2.08. The Morgan fingerprint density at radius 3 is 1.46 bits per heavy atom. The molecule has 0 heterocycles. The number of carbonyl (C=O) groups is 1. The van der Waals surface area contributed by atoms with Crippen LogP contribution < -0.4 is 5.32 Å². The second-order valence-electron chi connectivity index (χ2n) is 8.64. The van der Waals surface area contributed by atoms with Crippen LogP contribution in [0.2, 0.25) is 0 Å². The van der Waals surface area contributed by atoms with Gasteiger partial charge in [-0.1, -0.05) is 134 Å². The van der Waals surface area contributed by atoms with Crippen LogP contribution in [0.4, 0.5) is 0 Å². The Hall–Kier alpha value is -1.05. The summed E-state index contributed by atoms with van der Waals surface area (Å²) in [5.41, 5.74) is 0. The van der Waals surface area contributed by atoms with Crippen molar-refractivity contribution in [1.29, 1.82) is 0 Å². The lowest BCUT2D eigenvalue weighted by atomic mass is 10.0. The van der Waals surface area contributed by atoms with Crippen LogP contribution >= 0.6 is 0 Å². The van der Waals surface area contributed by atoms with Crippen LogP contribution in [0.15, 0.2) is 24.3 Å². The van der Waals surface area contributed by atoms with E-state index in [1.54, 1.807) is 0 Å². The Labute approximate surface area is 175 Å². The number of hydrogen-bond donors (Lipinski definition) is 1. The highest BCUT2D eigenvalue weighted by Gasteiger charge is 2.06. The predicted octanol–water partition coefficient (Wildman–Crippen LogP) is 7.89. The molecule has 0 aliphatic heterocycles. The van der Waals surface area contributed by atoms with E-state index in [0.29, 0.717) is 12.3 Å². The molecule has 28 heavy (non-hydrogen) atoms. The van der Waals surface area contributed by atoms with Crippen molar-refractivity contribution in [3.63, 3.8) is 0 Å². The highest BCUT2D eigenvalue weighted by atomic mass is 16.1. The van der Waals surface area contributed by atoms with Crippen LogP contribution in [0, 0.1) is 5.92 Å². The van der Waals surface area contributed by atoms with Crippen molar-refractivity contribution >= 4 is 5.91 Å². The number of rotatable bonds is 20. The van der Waals surface area contributed by atoms with Crippen LogP contribution in [0.3, 0.4) is 0 Å². The fraction of sp³-hybridized carbons (Fsp3) is 0.808. The highest BCUT2D eigenvalue weighted by Crippen LogP contribution is 2.14. The fourth-order valence-electron chi connectivity index (χ4n) is 3.94. The van der Waals surface area contributed by atoms with E-state index in [1.165, 1.54) is 103 Å². The molecule has 0 atom stereocenters. The molecular formula is C26H47NO. The van der Waals surface area contributed by atoms with Crippen molar-refractivity contribution in [1.82, 2.24) is 5.32 Å². The van der Waals surface area contributed by atoms with Gasteiger partial charge < -0.3 is 5.32 Å². The molecule has 1 aliphatic carbocycles. The number of unbranched alkanes of at least 4 members (excludes halogenated alkanes) is 16. The smallest absolute Gasteiger partial charge is 0.220 e. The standard InChI is InChI=1S/C26H47NO/c1-2-3-4-5-6-7-8-9-10-11-12-13-14-15-16-17-18-23-26(28)27-24-25-21-19-20-22-25/h19-22,25H,2-18,23-24H2,1H3,(H,27,28). The normalized spacial score (nSPS) is 13.5. The van der Waals surface area contributed by atoms with Crippen LogP contribution in [0.25, 0.3) is 0 Å². The number of carbonyl (C=O) groups excluding carboxylic acids is 1. The third-order valence-electron chi connectivity index (χ3n) is 5.87. The molecule has 0 aromatic rings. The quantitative estimate of drug-likeness (QED) is 0.211. The average molecular weight is 390 g/mol. The van der Waals surface area contributed by atoms with E-state index >= 15 is 0 Å². The molecule has 162 valence electrons. The van der Waals surface area contributed by atoms with Crippen LogP contribution in [0.5, 0.6) is 0 Å². The minimum absolute atomic E-state index is 0.217. The van der Waals surface area contributed by atoms with Gasteiger partial charge in [-0.05, 0) is 6.42 Å². The molecule has 0 saturated heterocycles. The molecule has 0 spiro atoms. The van der Waals surface area contributed by atoms with Crippen molar-refractivity contribution in [3.8, 4) is 0 Å². The summed E-state index contributed by atoms with van der Waals surface area (Å²) in [5, 5.41) is 3.04. The van der Waals surface area contributed by atoms with Gasteiger partial charge in [0.2, 0.25) is 5.91 Å². The molecule has 0 fully saturated rings. The lowest BCUT2D eigenvalue weighted by Crippen LogP contribution is -2.27. The Morgan fingerprint density at radius 2 is 1.04 bits per heavy atom. The average Bonchev–Trinajstić information content (AvgIpc) is 3.22. The summed E-state index contributed by atoms with van der Waals surface area (Å²) < 4.78 is 0. The maximum absolute atomic E-state index is 11.8. The number of allylic oxidation sites excluding steroid dienone is 2. The zero-order chi connectivity index (χ0) is 20.1. The summed E-state index contributed by atoms with van der Waals surface area (Å²) in [5.74, 6) is 0.620. The molecule has 0 bridgehead atoms. The SMILES string of the molecule is CCCCCCCCCCCCCCCCCCCC(=O)NCC1C=CC=C1. The number of amides is 1. The summed E-state index contributed by atoms with van der Waals surface area (Å²) in [6, 6.07) is 0. The van der Waals surface area contributed by atoms with E-state index in [-0.39, 0.29) is 5.91 Å². The van der Waals surface area contributed by atoms with Gasteiger partial charge in [-0.25, -0.2) is 0 Å². The van der Waals surface area contributed by atoms with Gasteiger partial charge in [0.15, 0.2) is 0 Å². The summed E-state index contributed by atoms with van der Waals surface area (Å²) in [4.78, 5) is 11.8. The van der Waals surface area contributed by atoms with Gasteiger partial charge in [0, 0.05) is 18.9 Å². The third kappa shape index (κ3) is 16.0. The fourth-order valence-corrected chi connectivity index (χ4v) is 3.94. The zero-order valence-electron chi connectivity index (χ0n) is 18.7. The van der Waals surface area contributed by atoms with Crippen LogP contribution in [0.1, 0.15) is 122 Å². The minimum atomic E-state index is 0.217. The van der Waals surface area contributed by atoms with E-state index in [0.717, 1.165) is 13.0 Å². The van der Waals surface area contributed by atoms with Crippen molar-refractivity contribution in [2.24, 2.45) is 5.92 Å². The Bertz CT molecular complexity index is 401. The van der Waals surface area contributed by atoms with Crippen molar-refractivity contribution < 1.29 is 4.79 Å². The van der Waals surface area contributed by atoms with Crippen molar-refractivity contribution in [3.05, 3.63) is 24.3 Å². The summed E-state index contributed by atoms with van der Waals surface area (Å²) in [6.07, 6.45) is 32.5.